The molecule has 3 rings (SSSR count). The van der Waals surface area contributed by atoms with E-state index in [2.05, 4.69) is 5.32 Å². The van der Waals surface area contributed by atoms with Crippen molar-refractivity contribution in [2.24, 2.45) is 0 Å². The molecule has 0 bridgehead atoms. The molecule has 1 aliphatic rings. The number of carbonyl (C=O) groups excluding carboxylic acids is 2. The van der Waals surface area contributed by atoms with Crippen LogP contribution in [0.15, 0.2) is 53.4 Å². The van der Waals surface area contributed by atoms with E-state index in [0.29, 0.717) is 22.2 Å². The van der Waals surface area contributed by atoms with E-state index in [-0.39, 0.29) is 11.8 Å². The standard InChI is InChI=1S/C24H26N2O3S2/c1-17-11-13-19(14-12-17)25-22(27)10-4-3-7-15-26-23(28)21(31-24(26)30)16-18-8-5-6-9-20(18)29-2/h5-6,8-9,11-14,16H,3-4,7,10,15H2,1-2H3,(H,25,27)/b21-16-. The van der Waals surface area contributed by atoms with Crippen LogP contribution in [-0.2, 0) is 9.59 Å². The van der Waals surface area contributed by atoms with Gasteiger partial charge < -0.3 is 10.1 Å². The van der Waals surface area contributed by atoms with Crippen LogP contribution in [0.25, 0.3) is 6.08 Å². The Morgan fingerprint density at radius 3 is 2.61 bits per heavy atom. The fourth-order valence-corrected chi connectivity index (χ4v) is 4.51. The van der Waals surface area contributed by atoms with Crippen LogP contribution in [0, 0.1) is 6.92 Å². The van der Waals surface area contributed by atoms with Gasteiger partial charge in [0.25, 0.3) is 5.91 Å². The van der Waals surface area contributed by atoms with Crippen LogP contribution in [0.5, 0.6) is 5.75 Å². The number of thioether (sulfide) groups is 1. The normalized spacial score (nSPS) is 14.9. The number of thiocarbonyl (C=S) groups is 1. The fourth-order valence-electron chi connectivity index (χ4n) is 3.21. The zero-order chi connectivity index (χ0) is 22.2. The lowest BCUT2D eigenvalue weighted by molar-refractivity contribution is -0.122. The van der Waals surface area contributed by atoms with Crippen molar-refractivity contribution < 1.29 is 14.3 Å². The highest BCUT2D eigenvalue weighted by Crippen LogP contribution is 2.34. The molecule has 2 aromatic rings. The van der Waals surface area contributed by atoms with E-state index in [0.717, 1.165) is 41.8 Å². The van der Waals surface area contributed by atoms with Gasteiger partial charge >= 0.3 is 0 Å². The number of carbonyl (C=O) groups is 2. The highest BCUT2D eigenvalue weighted by Gasteiger charge is 2.31. The summed E-state index contributed by atoms with van der Waals surface area (Å²) in [6.45, 7) is 2.58. The van der Waals surface area contributed by atoms with Gasteiger partial charge in [0, 0.05) is 24.2 Å². The lowest BCUT2D eigenvalue weighted by Gasteiger charge is -2.14. The lowest BCUT2D eigenvalue weighted by Crippen LogP contribution is -2.29. The van der Waals surface area contributed by atoms with Crippen molar-refractivity contribution in [3.63, 3.8) is 0 Å². The molecule has 0 atom stereocenters. The van der Waals surface area contributed by atoms with Crippen LogP contribution in [0.2, 0.25) is 0 Å². The van der Waals surface area contributed by atoms with Crippen molar-refractivity contribution in [1.29, 1.82) is 0 Å². The number of benzene rings is 2. The van der Waals surface area contributed by atoms with E-state index in [1.165, 1.54) is 11.8 Å². The monoisotopic (exact) mass is 454 g/mol. The Bertz CT molecular complexity index is 987. The molecule has 0 aromatic heterocycles. The fraction of sp³-hybridized carbons (Fsp3) is 0.292. The Labute approximate surface area is 192 Å². The van der Waals surface area contributed by atoms with Gasteiger partial charge in [-0.05, 0) is 44.0 Å². The molecule has 2 aromatic carbocycles. The van der Waals surface area contributed by atoms with Crippen LogP contribution >= 0.6 is 24.0 Å². The predicted molar refractivity (Wildman–Crippen MR) is 131 cm³/mol. The molecular formula is C24H26N2O3S2. The summed E-state index contributed by atoms with van der Waals surface area (Å²) >= 11 is 6.72. The van der Waals surface area contributed by atoms with Crippen molar-refractivity contribution in [3.8, 4) is 5.75 Å². The topological polar surface area (TPSA) is 58.6 Å². The van der Waals surface area contributed by atoms with Crippen molar-refractivity contribution in [2.75, 3.05) is 19.0 Å². The summed E-state index contributed by atoms with van der Waals surface area (Å²) in [6, 6.07) is 15.3. The van der Waals surface area contributed by atoms with Crippen LogP contribution in [0.1, 0.15) is 36.8 Å². The number of hydrogen-bond acceptors (Lipinski definition) is 5. The third-order valence-corrected chi connectivity index (χ3v) is 6.30. The molecule has 0 saturated carbocycles. The van der Waals surface area contributed by atoms with E-state index < -0.39 is 0 Å². The van der Waals surface area contributed by atoms with Crippen molar-refractivity contribution in [1.82, 2.24) is 4.90 Å². The highest BCUT2D eigenvalue weighted by molar-refractivity contribution is 8.26. The smallest absolute Gasteiger partial charge is 0.266 e. The number of ether oxygens (including phenoxy) is 1. The number of nitrogens with one attached hydrogen (secondary N) is 1. The van der Waals surface area contributed by atoms with E-state index in [1.54, 1.807) is 12.0 Å². The second-order valence-electron chi connectivity index (χ2n) is 7.30. The number of unbranched alkanes of at least 4 members (excludes halogenated alkanes) is 2. The molecule has 0 unspecified atom stereocenters. The number of aryl methyl sites for hydroxylation is 1. The maximum absolute atomic E-state index is 12.8. The Balaban J connectivity index is 1.44. The molecule has 31 heavy (non-hydrogen) atoms. The number of nitrogens with zero attached hydrogens (tertiary/aromatic N) is 1. The van der Waals surface area contributed by atoms with Gasteiger partial charge in [0.2, 0.25) is 5.91 Å². The third-order valence-electron chi connectivity index (χ3n) is 4.92. The summed E-state index contributed by atoms with van der Waals surface area (Å²) in [5.41, 5.74) is 2.83. The number of amides is 2. The van der Waals surface area contributed by atoms with E-state index in [9.17, 15) is 9.59 Å². The molecule has 1 saturated heterocycles. The first-order valence-corrected chi connectivity index (χ1v) is 11.5. The first-order chi connectivity index (χ1) is 15.0. The number of anilines is 1. The van der Waals surface area contributed by atoms with Gasteiger partial charge in [-0.1, -0.05) is 66.3 Å². The molecule has 0 spiro atoms. The van der Waals surface area contributed by atoms with Gasteiger partial charge in [-0.3, -0.25) is 14.5 Å². The summed E-state index contributed by atoms with van der Waals surface area (Å²) in [7, 11) is 1.61. The van der Waals surface area contributed by atoms with Crippen molar-refractivity contribution >= 4 is 51.9 Å². The van der Waals surface area contributed by atoms with E-state index in [1.807, 2.05) is 61.5 Å². The minimum Gasteiger partial charge on any atom is -0.496 e. The predicted octanol–water partition coefficient (Wildman–Crippen LogP) is 5.40. The van der Waals surface area contributed by atoms with Gasteiger partial charge in [0.1, 0.15) is 10.1 Å². The van der Waals surface area contributed by atoms with Crippen molar-refractivity contribution in [3.05, 3.63) is 64.6 Å². The minimum absolute atomic E-state index is 0.00852. The third kappa shape index (κ3) is 6.42. The quantitative estimate of drug-likeness (QED) is 0.312. The van der Waals surface area contributed by atoms with Crippen molar-refractivity contribution in [2.45, 2.75) is 32.6 Å². The minimum atomic E-state index is -0.0713. The van der Waals surface area contributed by atoms with E-state index >= 15 is 0 Å². The molecule has 1 aliphatic heterocycles. The Hall–Kier alpha value is -2.64. The van der Waals surface area contributed by atoms with E-state index in [4.69, 9.17) is 17.0 Å². The first kappa shape index (κ1) is 23.0. The summed E-state index contributed by atoms with van der Waals surface area (Å²) in [5, 5.41) is 2.91. The molecule has 2 amide bonds. The SMILES string of the molecule is COc1ccccc1/C=C1\SC(=S)N(CCCCCC(=O)Nc2ccc(C)cc2)C1=O. The Kier molecular flexibility index (Phi) is 8.26. The number of hydrogen-bond donors (Lipinski definition) is 1. The highest BCUT2D eigenvalue weighted by atomic mass is 32.2. The van der Waals surface area contributed by atoms with Crippen LogP contribution in [0.4, 0.5) is 5.69 Å². The molecule has 1 N–H and O–H groups in total. The van der Waals surface area contributed by atoms with Gasteiger partial charge in [-0.15, -0.1) is 0 Å². The summed E-state index contributed by atoms with van der Waals surface area (Å²) in [4.78, 5) is 27.1. The zero-order valence-corrected chi connectivity index (χ0v) is 19.4. The molecule has 1 heterocycles. The largest absolute Gasteiger partial charge is 0.496 e. The lowest BCUT2D eigenvalue weighted by atomic mass is 10.1. The summed E-state index contributed by atoms with van der Waals surface area (Å²) in [5.74, 6) is 0.656. The molecule has 1 fully saturated rings. The second kappa shape index (κ2) is 11.1. The van der Waals surface area contributed by atoms with Gasteiger partial charge in [-0.25, -0.2) is 0 Å². The number of para-hydroxylation sites is 1. The molecule has 0 radical (unpaired) electrons. The van der Waals surface area contributed by atoms with Crippen LogP contribution in [-0.4, -0.2) is 34.7 Å². The maximum atomic E-state index is 12.8. The molecular weight excluding hydrogens is 428 g/mol. The average Bonchev–Trinajstić information content (AvgIpc) is 3.02. The second-order valence-corrected chi connectivity index (χ2v) is 8.98. The first-order valence-electron chi connectivity index (χ1n) is 10.2. The molecule has 162 valence electrons. The van der Waals surface area contributed by atoms with Crippen LogP contribution in [0.3, 0.4) is 0 Å². The molecule has 7 heteroatoms. The molecule has 0 aliphatic carbocycles. The van der Waals surface area contributed by atoms with Crippen LogP contribution < -0.4 is 10.1 Å². The number of methoxy groups -OCH3 is 1. The summed E-state index contributed by atoms with van der Waals surface area (Å²) < 4.78 is 5.93. The summed E-state index contributed by atoms with van der Waals surface area (Å²) in [6.07, 6.45) is 4.70. The van der Waals surface area contributed by atoms with Gasteiger partial charge in [-0.2, -0.15) is 0 Å². The Morgan fingerprint density at radius 1 is 1.13 bits per heavy atom. The number of rotatable bonds is 9. The average molecular weight is 455 g/mol. The van der Waals surface area contributed by atoms with Gasteiger partial charge in [0.05, 0.1) is 12.0 Å². The maximum Gasteiger partial charge on any atom is 0.266 e. The Morgan fingerprint density at radius 2 is 1.87 bits per heavy atom. The van der Waals surface area contributed by atoms with Gasteiger partial charge in [0.15, 0.2) is 0 Å². The molecule has 5 nitrogen and oxygen atoms in total. The zero-order valence-electron chi connectivity index (χ0n) is 17.7.